The van der Waals surface area contributed by atoms with Gasteiger partial charge in [-0.15, -0.1) is 0 Å². The van der Waals surface area contributed by atoms with Gasteiger partial charge in [-0.3, -0.25) is 0 Å². The number of carboxylic acids is 2. The Balaban J connectivity index is -0.0000000417. The van der Waals surface area contributed by atoms with Crippen LogP contribution in [0.3, 0.4) is 0 Å². The molecule has 0 heterocycles. The molecule has 0 aliphatic rings. The summed E-state index contributed by atoms with van der Waals surface area (Å²) < 4.78 is 0. The largest absolute Gasteiger partial charge is 2.00 e. The molecule has 6 nitrogen and oxygen atoms in total. The van der Waals surface area contributed by atoms with Crippen LogP contribution in [-0.2, 0) is 26.7 Å². The zero-order chi connectivity index (χ0) is 5.15. The summed E-state index contributed by atoms with van der Waals surface area (Å²) in [6, 6.07) is 0. The minimum absolute atomic E-state index is 0. The summed E-state index contributed by atoms with van der Waals surface area (Å²) in [5.41, 5.74) is 0. The van der Waals surface area contributed by atoms with Crippen molar-refractivity contribution in [3.63, 3.8) is 0 Å². The molecule has 0 rings (SSSR count). The van der Waals surface area contributed by atoms with Gasteiger partial charge in [0.25, 0.3) is 0 Å². The predicted molar refractivity (Wildman–Crippen MR) is 17.2 cm³/mol. The second-order valence-electron chi connectivity index (χ2n) is 0.575. The maximum atomic E-state index is 8.93. The van der Waals surface area contributed by atoms with Gasteiger partial charge < -0.3 is 30.8 Å². The van der Waals surface area contributed by atoms with Crippen LogP contribution in [0, 0.1) is 0 Å². The van der Waals surface area contributed by atoms with Crippen molar-refractivity contribution in [2.45, 2.75) is 0 Å². The van der Waals surface area contributed by atoms with Gasteiger partial charge in [-0.05, 0) is 0 Å². The summed E-state index contributed by atoms with van der Waals surface area (Å²) in [5, 5.41) is 17.9. The topological polar surface area (TPSA) is 143 Å². The van der Waals surface area contributed by atoms with Crippen LogP contribution in [0.2, 0.25) is 0 Å². The zero-order valence-corrected chi connectivity index (χ0v) is 5.19. The fraction of sp³-hybridized carbons (Fsp3) is 0. The van der Waals surface area contributed by atoms with E-state index in [0.29, 0.717) is 0 Å². The molecular formula is C2H4MnO6. The van der Waals surface area contributed by atoms with Gasteiger partial charge in [-0.25, -0.2) is 0 Å². The maximum Gasteiger partial charge on any atom is 2.00 e. The molecule has 0 aliphatic heterocycles. The normalized spacial score (nSPS) is 4.89. The van der Waals surface area contributed by atoms with Crippen LogP contribution in [0.1, 0.15) is 0 Å². The third-order valence-electron chi connectivity index (χ3n) is 0.167. The minimum Gasteiger partial charge on any atom is -0.543 e. The Morgan fingerprint density at radius 1 is 0.889 bits per heavy atom. The third-order valence-corrected chi connectivity index (χ3v) is 0.167. The maximum absolute atomic E-state index is 8.93. The first-order valence-corrected chi connectivity index (χ1v) is 1.07. The van der Waals surface area contributed by atoms with Crippen LogP contribution in [0.4, 0.5) is 0 Å². The molecular weight excluding hydrogens is 175 g/mol. The number of carboxylic acid groups (broad SMARTS) is 2. The second-order valence-corrected chi connectivity index (χ2v) is 0.575. The summed E-state index contributed by atoms with van der Waals surface area (Å²) in [6.07, 6.45) is 0. The monoisotopic (exact) mass is 179 g/mol. The second kappa shape index (κ2) is 10.4. The van der Waals surface area contributed by atoms with Crippen LogP contribution >= 0.6 is 0 Å². The average molecular weight is 179 g/mol. The Morgan fingerprint density at radius 3 is 1.00 bits per heavy atom. The molecule has 0 fully saturated rings. The van der Waals surface area contributed by atoms with Crippen LogP contribution in [-0.4, -0.2) is 22.9 Å². The number of hydrogen-bond donors (Lipinski definition) is 0. The Labute approximate surface area is 60.6 Å². The molecule has 4 N–H and O–H groups in total. The molecule has 0 aromatic carbocycles. The van der Waals surface area contributed by atoms with Gasteiger partial charge in [0, 0.05) is 0 Å². The molecule has 0 unspecified atom stereocenters. The van der Waals surface area contributed by atoms with Gasteiger partial charge in [0.1, 0.15) is 0 Å². The Hall–Kier alpha value is -0.621. The van der Waals surface area contributed by atoms with Gasteiger partial charge in [-0.1, -0.05) is 0 Å². The van der Waals surface area contributed by atoms with Crippen molar-refractivity contribution < 1.29 is 47.8 Å². The summed E-state index contributed by atoms with van der Waals surface area (Å²) in [6.45, 7) is 0. The minimum atomic E-state index is -2.19. The predicted octanol–water partition coefficient (Wildman–Crippen LogP) is -5.17. The van der Waals surface area contributed by atoms with Crippen molar-refractivity contribution in [3.8, 4) is 0 Å². The Kier molecular flexibility index (Phi) is 27.4. The summed E-state index contributed by atoms with van der Waals surface area (Å²) in [5.74, 6) is -4.37. The van der Waals surface area contributed by atoms with Crippen molar-refractivity contribution in [3.05, 3.63) is 0 Å². The molecule has 1 radical (unpaired) electrons. The van der Waals surface area contributed by atoms with Crippen molar-refractivity contribution in [2.24, 2.45) is 0 Å². The van der Waals surface area contributed by atoms with E-state index in [4.69, 9.17) is 19.8 Å². The SMILES string of the molecule is O.O.O=C([O-])C(=O)[O-].[Mn+2]. The van der Waals surface area contributed by atoms with E-state index in [9.17, 15) is 0 Å². The van der Waals surface area contributed by atoms with E-state index in [1.807, 2.05) is 0 Å². The molecule has 0 spiro atoms. The van der Waals surface area contributed by atoms with Crippen LogP contribution < -0.4 is 10.2 Å². The third kappa shape index (κ3) is 18.7. The molecule has 0 bridgehead atoms. The summed E-state index contributed by atoms with van der Waals surface area (Å²) in [7, 11) is 0. The van der Waals surface area contributed by atoms with E-state index < -0.39 is 11.9 Å². The molecule has 0 atom stereocenters. The summed E-state index contributed by atoms with van der Waals surface area (Å²) >= 11 is 0. The van der Waals surface area contributed by atoms with Gasteiger partial charge >= 0.3 is 17.1 Å². The van der Waals surface area contributed by atoms with Gasteiger partial charge in [-0.2, -0.15) is 0 Å². The van der Waals surface area contributed by atoms with Crippen molar-refractivity contribution in [2.75, 3.05) is 0 Å². The fourth-order valence-corrected chi connectivity index (χ4v) is 0. The first-order valence-electron chi connectivity index (χ1n) is 1.07. The molecule has 0 amide bonds. The molecule has 0 saturated heterocycles. The first kappa shape index (κ1) is 23.8. The number of carbonyl (C=O) groups is 2. The van der Waals surface area contributed by atoms with Gasteiger partial charge in [0.2, 0.25) is 0 Å². The van der Waals surface area contributed by atoms with E-state index >= 15 is 0 Å². The number of rotatable bonds is 0. The van der Waals surface area contributed by atoms with Crippen LogP contribution in [0.25, 0.3) is 0 Å². The molecule has 7 heteroatoms. The Bertz CT molecular complexity index is 77.1. The standard InChI is InChI=1S/C2H2O4.Mn.2H2O/c3-1(4)2(5)6;;;/h(H,3,4)(H,5,6);;2*1H2/q;+2;;/p-2. The van der Waals surface area contributed by atoms with E-state index in [2.05, 4.69) is 0 Å². The quantitative estimate of drug-likeness (QED) is 0.270. The van der Waals surface area contributed by atoms with Crippen molar-refractivity contribution in [1.29, 1.82) is 0 Å². The van der Waals surface area contributed by atoms with Crippen molar-refractivity contribution in [1.82, 2.24) is 0 Å². The van der Waals surface area contributed by atoms with Gasteiger partial charge in [0.15, 0.2) is 0 Å². The van der Waals surface area contributed by atoms with E-state index in [-0.39, 0.29) is 28.0 Å². The Morgan fingerprint density at radius 2 is 1.00 bits per heavy atom. The van der Waals surface area contributed by atoms with Crippen LogP contribution in [0.5, 0.6) is 0 Å². The van der Waals surface area contributed by atoms with E-state index in [1.54, 1.807) is 0 Å². The number of hydrogen-bond acceptors (Lipinski definition) is 4. The zero-order valence-electron chi connectivity index (χ0n) is 4.01. The molecule has 0 aromatic heterocycles. The number of aliphatic carboxylic acids is 2. The first-order chi connectivity index (χ1) is 2.64. The van der Waals surface area contributed by atoms with Gasteiger partial charge in [0.05, 0.1) is 11.9 Å². The molecule has 55 valence electrons. The average Bonchev–Trinajstić information content (AvgIpc) is 1.36. The van der Waals surface area contributed by atoms with Crippen LogP contribution in [0.15, 0.2) is 0 Å². The molecule has 9 heavy (non-hydrogen) atoms. The molecule has 0 saturated carbocycles. The molecule has 0 aromatic rings. The van der Waals surface area contributed by atoms with E-state index in [0.717, 1.165) is 0 Å². The fourth-order valence-electron chi connectivity index (χ4n) is 0. The summed E-state index contributed by atoms with van der Waals surface area (Å²) in [4.78, 5) is 17.9. The van der Waals surface area contributed by atoms with E-state index in [1.165, 1.54) is 0 Å². The van der Waals surface area contributed by atoms with Crippen molar-refractivity contribution >= 4 is 11.9 Å². The smallest absolute Gasteiger partial charge is 0.543 e. The number of carbonyl (C=O) groups excluding carboxylic acids is 2. The molecule has 0 aliphatic carbocycles.